The highest BCUT2D eigenvalue weighted by Crippen LogP contribution is 2.26. The summed E-state index contributed by atoms with van der Waals surface area (Å²) in [6, 6.07) is 9.89. The molecule has 0 bridgehead atoms. The van der Waals surface area contributed by atoms with Gasteiger partial charge in [-0.25, -0.2) is 0 Å². The number of para-hydroxylation sites is 1. The van der Waals surface area contributed by atoms with E-state index in [4.69, 9.17) is 9.26 Å². The topological polar surface area (TPSA) is 60.2 Å². The lowest BCUT2D eigenvalue weighted by atomic mass is 9.89. The number of hydrogen-bond acceptors (Lipinski definition) is 5. The number of benzene rings is 1. The Balaban J connectivity index is 2.03. The Hall–Kier alpha value is -1.88. The second-order valence-corrected chi connectivity index (χ2v) is 5.50. The number of ether oxygens (including phenoxy) is 1. The minimum absolute atomic E-state index is 0.188. The van der Waals surface area contributed by atoms with Crippen LogP contribution in [0.1, 0.15) is 38.4 Å². The Bertz CT molecular complexity index is 539. The van der Waals surface area contributed by atoms with Crippen LogP contribution in [0, 0.1) is 5.92 Å². The van der Waals surface area contributed by atoms with Gasteiger partial charge in [0.1, 0.15) is 5.75 Å². The molecule has 2 rings (SSSR count). The van der Waals surface area contributed by atoms with Gasteiger partial charge in [0.15, 0.2) is 6.61 Å². The number of aromatic nitrogens is 2. The summed E-state index contributed by atoms with van der Waals surface area (Å²) in [6.45, 7) is 6.74. The van der Waals surface area contributed by atoms with Crippen molar-refractivity contribution >= 4 is 0 Å². The maximum Gasteiger partial charge on any atom is 0.231 e. The van der Waals surface area contributed by atoms with Crippen molar-refractivity contribution in [3.05, 3.63) is 42.0 Å². The molecule has 21 heavy (non-hydrogen) atoms. The fourth-order valence-electron chi connectivity index (χ4n) is 2.38. The fourth-order valence-corrected chi connectivity index (χ4v) is 2.38. The van der Waals surface area contributed by atoms with Crippen molar-refractivity contribution in [1.82, 2.24) is 15.5 Å². The van der Waals surface area contributed by atoms with E-state index < -0.39 is 0 Å². The summed E-state index contributed by atoms with van der Waals surface area (Å²) in [5.41, 5.74) is 0. The standard InChI is InChI=1S/C16H23N3O2/c1-11(2)15(12(3)17-4)16-18-14(19-21-16)10-20-13-8-6-5-7-9-13/h5-9,11-12,15,17H,10H2,1-4H3. The van der Waals surface area contributed by atoms with E-state index in [0.717, 1.165) is 5.75 Å². The predicted octanol–water partition coefficient (Wildman–Crippen LogP) is 3.00. The molecule has 5 heteroatoms. The normalized spacial score (nSPS) is 14.1. The maximum absolute atomic E-state index is 5.63. The van der Waals surface area contributed by atoms with E-state index in [1.54, 1.807) is 0 Å². The van der Waals surface area contributed by atoms with Gasteiger partial charge in [0.25, 0.3) is 0 Å². The van der Waals surface area contributed by atoms with Gasteiger partial charge >= 0.3 is 0 Å². The molecule has 0 fully saturated rings. The second kappa shape index (κ2) is 7.22. The van der Waals surface area contributed by atoms with Crippen LogP contribution < -0.4 is 10.1 Å². The third kappa shape index (κ3) is 4.04. The van der Waals surface area contributed by atoms with Crippen LogP contribution in [0.15, 0.2) is 34.9 Å². The zero-order valence-electron chi connectivity index (χ0n) is 13.0. The van der Waals surface area contributed by atoms with E-state index >= 15 is 0 Å². The average Bonchev–Trinajstić information content (AvgIpc) is 2.94. The molecule has 114 valence electrons. The molecule has 0 radical (unpaired) electrons. The van der Waals surface area contributed by atoms with Crippen LogP contribution in [-0.2, 0) is 6.61 Å². The van der Waals surface area contributed by atoms with Gasteiger partial charge in [0, 0.05) is 6.04 Å². The minimum Gasteiger partial charge on any atom is -0.485 e. The van der Waals surface area contributed by atoms with E-state index in [1.807, 2.05) is 37.4 Å². The molecule has 5 nitrogen and oxygen atoms in total. The molecule has 0 aliphatic rings. The van der Waals surface area contributed by atoms with Gasteiger partial charge in [0.05, 0.1) is 5.92 Å². The van der Waals surface area contributed by atoms with Crippen LogP contribution >= 0.6 is 0 Å². The summed E-state index contributed by atoms with van der Waals surface area (Å²) in [5, 5.41) is 7.27. The summed E-state index contributed by atoms with van der Waals surface area (Å²) in [4.78, 5) is 4.47. The summed E-state index contributed by atoms with van der Waals surface area (Å²) >= 11 is 0. The van der Waals surface area contributed by atoms with Crippen LogP contribution in [0.2, 0.25) is 0 Å². The predicted molar refractivity (Wildman–Crippen MR) is 81.2 cm³/mol. The molecule has 1 heterocycles. The Morgan fingerprint density at radius 2 is 1.90 bits per heavy atom. The smallest absolute Gasteiger partial charge is 0.231 e. The van der Waals surface area contributed by atoms with Gasteiger partial charge in [-0.3, -0.25) is 0 Å². The molecule has 0 amide bonds. The zero-order chi connectivity index (χ0) is 15.2. The van der Waals surface area contributed by atoms with Gasteiger partial charge in [-0.15, -0.1) is 0 Å². The third-order valence-electron chi connectivity index (χ3n) is 3.59. The van der Waals surface area contributed by atoms with Crippen molar-refractivity contribution in [1.29, 1.82) is 0 Å². The average molecular weight is 289 g/mol. The molecule has 2 atom stereocenters. The number of nitrogens with one attached hydrogen (secondary N) is 1. The van der Waals surface area contributed by atoms with E-state index in [9.17, 15) is 0 Å². The fraction of sp³-hybridized carbons (Fsp3) is 0.500. The minimum atomic E-state index is 0.188. The molecule has 2 unspecified atom stereocenters. The van der Waals surface area contributed by atoms with E-state index in [2.05, 4.69) is 36.2 Å². The molecule has 0 aliphatic carbocycles. The third-order valence-corrected chi connectivity index (χ3v) is 3.59. The van der Waals surface area contributed by atoms with Crippen LogP contribution in [-0.4, -0.2) is 23.2 Å². The van der Waals surface area contributed by atoms with E-state index in [0.29, 0.717) is 24.2 Å². The molecule has 1 aromatic carbocycles. The van der Waals surface area contributed by atoms with Crippen molar-refractivity contribution in [2.24, 2.45) is 5.92 Å². The first kappa shape index (κ1) is 15.5. The van der Waals surface area contributed by atoms with Gasteiger partial charge in [0.2, 0.25) is 11.7 Å². The molecular formula is C16H23N3O2. The summed E-state index contributed by atoms with van der Waals surface area (Å²) in [5.74, 6) is 2.64. The Kier molecular flexibility index (Phi) is 5.33. The van der Waals surface area contributed by atoms with Crippen molar-refractivity contribution in [3.8, 4) is 5.75 Å². The lowest BCUT2D eigenvalue weighted by Crippen LogP contribution is -2.32. The molecule has 1 N–H and O–H groups in total. The zero-order valence-corrected chi connectivity index (χ0v) is 13.0. The number of nitrogens with zero attached hydrogens (tertiary/aromatic N) is 2. The number of likely N-dealkylation sites (N-methyl/N-ethyl adjacent to an activating group) is 1. The van der Waals surface area contributed by atoms with Gasteiger partial charge in [-0.1, -0.05) is 37.2 Å². The van der Waals surface area contributed by atoms with Crippen LogP contribution in [0.4, 0.5) is 0 Å². The number of rotatable bonds is 7. The molecule has 2 aromatic rings. The highest BCUT2D eigenvalue weighted by atomic mass is 16.5. The van der Waals surface area contributed by atoms with Crippen molar-refractivity contribution in [2.45, 2.75) is 39.3 Å². The summed E-state index contributed by atoms with van der Waals surface area (Å²) < 4.78 is 11.1. The first-order chi connectivity index (χ1) is 10.1. The lowest BCUT2D eigenvalue weighted by Gasteiger charge is -2.23. The van der Waals surface area contributed by atoms with E-state index in [-0.39, 0.29) is 12.0 Å². The Morgan fingerprint density at radius 1 is 1.19 bits per heavy atom. The molecular weight excluding hydrogens is 266 g/mol. The highest BCUT2D eigenvalue weighted by molar-refractivity contribution is 5.21. The summed E-state index contributed by atoms with van der Waals surface area (Å²) in [7, 11) is 1.94. The largest absolute Gasteiger partial charge is 0.485 e. The van der Waals surface area contributed by atoms with Crippen LogP contribution in [0.3, 0.4) is 0 Å². The highest BCUT2D eigenvalue weighted by Gasteiger charge is 2.27. The lowest BCUT2D eigenvalue weighted by molar-refractivity contribution is 0.271. The van der Waals surface area contributed by atoms with Crippen molar-refractivity contribution in [2.75, 3.05) is 7.05 Å². The molecule has 0 saturated heterocycles. The van der Waals surface area contributed by atoms with Gasteiger partial charge < -0.3 is 14.6 Å². The molecule has 1 aromatic heterocycles. The van der Waals surface area contributed by atoms with Gasteiger partial charge in [-0.2, -0.15) is 4.98 Å². The van der Waals surface area contributed by atoms with Crippen molar-refractivity contribution < 1.29 is 9.26 Å². The van der Waals surface area contributed by atoms with Crippen LogP contribution in [0.25, 0.3) is 0 Å². The van der Waals surface area contributed by atoms with Crippen LogP contribution in [0.5, 0.6) is 5.75 Å². The quantitative estimate of drug-likeness (QED) is 0.849. The maximum atomic E-state index is 5.63. The monoisotopic (exact) mass is 289 g/mol. The Morgan fingerprint density at radius 3 is 2.52 bits per heavy atom. The SMILES string of the molecule is CNC(C)C(c1nc(COc2ccccc2)no1)C(C)C. The summed E-state index contributed by atoms with van der Waals surface area (Å²) in [6.07, 6.45) is 0. The second-order valence-electron chi connectivity index (χ2n) is 5.50. The first-order valence-corrected chi connectivity index (χ1v) is 7.29. The molecule has 0 spiro atoms. The number of hydrogen-bond donors (Lipinski definition) is 1. The van der Waals surface area contributed by atoms with Gasteiger partial charge in [-0.05, 0) is 32.0 Å². The Labute approximate surface area is 125 Å². The van der Waals surface area contributed by atoms with Crippen molar-refractivity contribution in [3.63, 3.8) is 0 Å². The molecule has 0 saturated carbocycles. The first-order valence-electron chi connectivity index (χ1n) is 7.29. The molecule has 0 aliphatic heterocycles. The van der Waals surface area contributed by atoms with E-state index in [1.165, 1.54) is 0 Å².